The molecule has 0 amide bonds. The van der Waals surface area contributed by atoms with Crippen LogP contribution >= 0.6 is 15.9 Å². The lowest BCUT2D eigenvalue weighted by molar-refractivity contribution is 0.112. The van der Waals surface area contributed by atoms with Crippen molar-refractivity contribution in [2.24, 2.45) is 0 Å². The Balaban J connectivity index is 1.55. The van der Waals surface area contributed by atoms with Crippen molar-refractivity contribution in [1.82, 2.24) is 10.2 Å². The van der Waals surface area contributed by atoms with Crippen LogP contribution in [0.25, 0.3) is 22.2 Å². The van der Waals surface area contributed by atoms with E-state index < -0.39 is 0 Å². The Bertz CT molecular complexity index is 1070. The van der Waals surface area contributed by atoms with Crippen molar-refractivity contribution in [2.45, 2.75) is 6.61 Å². The summed E-state index contributed by atoms with van der Waals surface area (Å²) in [5, 5.41) is 9.88. The van der Waals surface area contributed by atoms with Gasteiger partial charge in [-0.1, -0.05) is 46.3 Å². The first kappa shape index (κ1) is 16.5. The van der Waals surface area contributed by atoms with Gasteiger partial charge in [0.2, 0.25) is 5.89 Å². The van der Waals surface area contributed by atoms with Crippen molar-refractivity contribution in [3.63, 3.8) is 0 Å². The number of nitrogens with zero attached hydrogens (tertiary/aromatic N) is 2. The van der Waals surface area contributed by atoms with E-state index in [9.17, 15) is 4.79 Å². The van der Waals surface area contributed by atoms with Crippen LogP contribution < -0.4 is 4.74 Å². The monoisotopic (exact) mass is 408 g/mol. The molecule has 1 heterocycles. The molecule has 5 nitrogen and oxygen atoms in total. The standard InChI is InChI=1S/C20H13BrN2O3/c21-15-8-5-14(6-9-15)20-23-22-19(26-20)12-25-18-10-7-13-3-1-2-4-16(13)17(18)11-24/h1-11H,12H2. The van der Waals surface area contributed by atoms with Crippen LogP contribution in [0.5, 0.6) is 5.75 Å². The number of rotatable bonds is 5. The van der Waals surface area contributed by atoms with Crippen LogP contribution in [-0.4, -0.2) is 16.5 Å². The number of aldehydes is 1. The summed E-state index contributed by atoms with van der Waals surface area (Å²) in [4.78, 5) is 11.5. The fraction of sp³-hybridized carbons (Fsp3) is 0.0500. The molecule has 0 aliphatic rings. The number of benzene rings is 3. The Morgan fingerprint density at radius 1 is 1.00 bits per heavy atom. The van der Waals surface area contributed by atoms with Crippen LogP contribution in [0.4, 0.5) is 0 Å². The zero-order valence-corrected chi connectivity index (χ0v) is 15.1. The van der Waals surface area contributed by atoms with Gasteiger partial charge in [0.05, 0.1) is 5.56 Å². The zero-order chi connectivity index (χ0) is 17.9. The van der Waals surface area contributed by atoms with Gasteiger partial charge < -0.3 is 9.15 Å². The molecule has 26 heavy (non-hydrogen) atoms. The second kappa shape index (κ2) is 7.09. The number of fused-ring (bicyclic) bond motifs is 1. The number of hydrogen-bond acceptors (Lipinski definition) is 5. The molecule has 0 radical (unpaired) electrons. The molecule has 0 aliphatic heterocycles. The Morgan fingerprint density at radius 3 is 2.62 bits per heavy atom. The summed E-state index contributed by atoms with van der Waals surface area (Å²) < 4.78 is 12.4. The molecule has 0 bridgehead atoms. The maximum absolute atomic E-state index is 11.5. The number of aromatic nitrogens is 2. The van der Waals surface area contributed by atoms with Crippen molar-refractivity contribution in [3.05, 3.63) is 76.6 Å². The number of carbonyl (C=O) groups is 1. The van der Waals surface area contributed by atoms with Gasteiger partial charge in [-0.25, -0.2) is 0 Å². The quantitative estimate of drug-likeness (QED) is 0.432. The predicted octanol–water partition coefficient (Wildman–Crippen LogP) is 5.04. The number of carbonyl (C=O) groups excluding carboxylic acids is 1. The number of halogens is 1. The Kier molecular flexibility index (Phi) is 4.50. The van der Waals surface area contributed by atoms with Gasteiger partial charge >= 0.3 is 0 Å². The first-order chi connectivity index (χ1) is 12.7. The minimum Gasteiger partial charge on any atom is -0.483 e. The van der Waals surface area contributed by atoms with Gasteiger partial charge in [0.25, 0.3) is 5.89 Å². The van der Waals surface area contributed by atoms with E-state index in [0.717, 1.165) is 27.1 Å². The van der Waals surface area contributed by atoms with Crippen LogP contribution in [-0.2, 0) is 6.61 Å². The molecule has 0 spiro atoms. The van der Waals surface area contributed by atoms with Crippen LogP contribution in [0, 0.1) is 0 Å². The van der Waals surface area contributed by atoms with E-state index in [0.29, 0.717) is 23.1 Å². The molecule has 3 aromatic carbocycles. The summed E-state index contributed by atoms with van der Waals surface area (Å²) >= 11 is 3.39. The van der Waals surface area contributed by atoms with Crippen molar-refractivity contribution < 1.29 is 13.9 Å². The minimum atomic E-state index is 0.0860. The molecular formula is C20H13BrN2O3. The van der Waals surface area contributed by atoms with Gasteiger partial charge in [0.15, 0.2) is 12.9 Å². The highest BCUT2D eigenvalue weighted by molar-refractivity contribution is 9.10. The topological polar surface area (TPSA) is 65.2 Å². The molecule has 0 saturated carbocycles. The molecule has 4 rings (SSSR count). The fourth-order valence-electron chi connectivity index (χ4n) is 2.68. The molecule has 0 N–H and O–H groups in total. The van der Waals surface area contributed by atoms with E-state index in [2.05, 4.69) is 26.1 Å². The van der Waals surface area contributed by atoms with E-state index in [-0.39, 0.29) is 6.61 Å². The third-order valence-electron chi connectivity index (χ3n) is 3.96. The average molecular weight is 409 g/mol. The van der Waals surface area contributed by atoms with Gasteiger partial charge in [-0.2, -0.15) is 0 Å². The Hall–Kier alpha value is -2.99. The summed E-state index contributed by atoms with van der Waals surface area (Å²) in [6, 6.07) is 18.9. The lowest BCUT2D eigenvalue weighted by Crippen LogP contribution is -1.99. The first-order valence-corrected chi connectivity index (χ1v) is 8.72. The second-order valence-corrected chi connectivity index (χ2v) is 6.53. The molecule has 4 aromatic rings. The van der Waals surface area contributed by atoms with Crippen LogP contribution in [0.1, 0.15) is 16.2 Å². The summed E-state index contributed by atoms with van der Waals surface area (Å²) in [7, 11) is 0. The number of hydrogen-bond donors (Lipinski definition) is 0. The molecule has 0 atom stereocenters. The van der Waals surface area contributed by atoms with Gasteiger partial charge in [-0.05, 0) is 41.1 Å². The van der Waals surface area contributed by atoms with Crippen LogP contribution in [0.2, 0.25) is 0 Å². The molecule has 0 fully saturated rings. The molecule has 128 valence electrons. The highest BCUT2D eigenvalue weighted by atomic mass is 79.9. The van der Waals surface area contributed by atoms with Gasteiger partial charge in [0, 0.05) is 10.0 Å². The van der Waals surface area contributed by atoms with Crippen molar-refractivity contribution >= 4 is 33.0 Å². The van der Waals surface area contributed by atoms with Crippen molar-refractivity contribution in [3.8, 4) is 17.2 Å². The third-order valence-corrected chi connectivity index (χ3v) is 4.49. The molecule has 0 unspecified atom stereocenters. The minimum absolute atomic E-state index is 0.0860. The van der Waals surface area contributed by atoms with Crippen LogP contribution in [0.3, 0.4) is 0 Å². The van der Waals surface area contributed by atoms with Crippen molar-refractivity contribution in [1.29, 1.82) is 0 Å². The zero-order valence-electron chi connectivity index (χ0n) is 13.6. The van der Waals surface area contributed by atoms with Crippen molar-refractivity contribution in [2.75, 3.05) is 0 Å². The van der Waals surface area contributed by atoms with Crippen LogP contribution in [0.15, 0.2) is 69.6 Å². The molecule has 1 aromatic heterocycles. The third kappa shape index (κ3) is 3.23. The molecular weight excluding hydrogens is 396 g/mol. The van der Waals surface area contributed by atoms with Gasteiger partial charge in [-0.3, -0.25) is 4.79 Å². The van der Waals surface area contributed by atoms with E-state index in [1.165, 1.54) is 0 Å². The summed E-state index contributed by atoms with van der Waals surface area (Å²) in [5.41, 5.74) is 1.34. The maximum atomic E-state index is 11.5. The maximum Gasteiger partial charge on any atom is 0.254 e. The highest BCUT2D eigenvalue weighted by Crippen LogP contribution is 2.27. The van der Waals surface area contributed by atoms with E-state index in [1.54, 1.807) is 6.07 Å². The highest BCUT2D eigenvalue weighted by Gasteiger charge is 2.12. The first-order valence-electron chi connectivity index (χ1n) is 7.92. The fourth-order valence-corrected chi connectivity index (χ4v) is 2.95. The van der Waals surface area contributed by atoms with E-state index >= 15 is 0 Å². The van der Waals surface area contributed by atoms with E-state index in [1.807, 2.05) is 54.6 Å². The molecule has 0 aliphatic carbocycles. The Labute approximate surface area is 157 Å². The van der Waals surface area contributed by atoms with E-state index in [4.69, 9.17) is 9.15 Å². The lowest BCUT2D eigenvalue weighted by atomic mass is 10.0. The van der Waals surface area contributed by atoms with Gasteiger partial charge in [0.1, 0.15) is 5.75 Å². The normalized spacial score (nSPS) is 10.8. The summed E-state index contributed by atoms with van der Waals surface area (Å²) in [6.45, 7) is 0.0860. The summed E-state index contributed by atoms with van der Waals surface area (Å²) in [6.07, 6.45) is 0.804. The molecule has 0 saturated heterocycles. The largest absolute Gasteiger partial charge is 0.483 e. The number of ether oxygens (including phenoxy) is 1. The average Bonchev–Trinajstić information content (AvgIpc) is 3.15. The predicted molar refractivity (Wildman–Crippen MR) is 101 cm³/mol. The smallest absolute Gasteiger partial charge is 0.254 e. The molecule has 6 heteroatoms. The van der Waals surface area contributed by atoms with Gasteiger partial charge in [-0.15, -0.1) is 10.2 Å². The second-order valence-electron chi connectivity index (χ2n) is 5.61. The SMILES string of the molecule is O=Cc1c(OCc2nnc(-c3ccc(Br)cc3)o2)ccc2ccccc12. The lowest BCUT2D eigenvalue weighted by Gasteiger charge is -2.09. The summed E-state index contributed by atoms with van der Waals surface area (Å²) in [5.74, 6) is 1.25. The Morgan fingerprint density at radius 2 is 1.81 bits per heavy atom.